The second kappa shape index (κ2) is 7.41. The summed E-state index contributed by atoms with van der Waals surface area (Å²) in [6, 6.07) is 6.21. The van der Waals surface area contributed by atoms with Crippen LogP contribution in [0.25, 0.3) is 0 Å². The van der Waals surface area contributed by atoms with Gasteiger partial charge in [-0.25, -0.2) is 17.9 Å². The van der Waals surface area contributed by atoms with Gasteiger partial charge in [0.1, 0.15) is 5.60 Å². The lowest BCUT2D eigenvalue weighted by molar-refractivity contribution is 0.0195. The molecule has 1 unspecified atom stereocenters. The number of sulfonamides is 1. The van der Waals surface area contributed by atoms with E-state index in [2.05, 4.69) is 20.7 Å². The van der Waals surface area contributed by atoms with Crippen LogP contribution in [-0.2, 0) is 14.8 Å². The molecule has 6 nitrogen and oxygen atoms in total. The van der Waals surface area contributed by atoms with E-state index in [0.717, 1.165) is 6.42 Å². The molecule has 1 heterocycles. The number of nitrogens with zero attached hydrogens (tertiary/aromatic N) is 1. The number of carbonyl (C=O) groups is 1. The highest BCUT2D eigenvalue weighted by molar-refractivity contribution is 9.10. The quantitative estimate of drug-likeness (QED) is 0.817. The molecule has 1 N–H and O–H groups in total. The van der Waals surface area contributed by atoms with Gasteiger partial charge in [-0.1, -0.05) is 22.0 Å². The molecule has 0 aromatic heterocycles. The highest BCUT2D eigenvalue weighted by atomic mass is 79.9. The Labute approximate surface area is 151 Å². The van der Waals surface area contributed by atoms with Crippen LogP contribution in [0.15, 0.2) is 33.6 Å². The van der Waals surface area contributed by atoms with Crippen LogP contribution in [0.1, 0.15) is 33.6 Å². The molecule has 2 rings (SSSR count). The molecule has 1 amide bonds. The van der Waals surface area contributed by atoms with Crippen LogP contribution < -0.4 is 4.72 Å². The summed E-state index contributed by atoms with van der Waals surface area (Å²) in [6.45, 7) is 6.30. The number of nitrogens with one attached hydrogen (secondary N) is 1. The molecule has 134 valence electrons. The van der Waals surface area contributed by atoms with Crippen molar-refractivity contribution in [1.29, 1.82) is 0 Å². The number of piperidine rings is 1. The summed E-state index contributed by atoms with van der Waals surface area (Å²) in [5, 5.41) is 0. The first-order chi connectivity index (χ1) is 11.1. The summed E-state index contributed by atoms with van der Waals surface area (Å²) < 4.78 is 33.7. The zero-order valence-corrected chi connectivity index (χ0v) is 16.5. The Hall–Kier alpha value is -1.12. The van der Waals surface area contributed by atoms with E-state index in [4.69, 9.17) is 4.74 Å². The number of carbonyl (C=O) groups excluding carboxylic acids is 1. The molecule has 1 aliphatic rings. The van der Waals surface area contributed by atoms with E-state index in [-0.39, 0.29) is 10.9 Å². The SMILES string of the molecule is CC(C)(C)OC(=O)N1CCCC(NS(=O)(=O)c2cccc(Br)c2)C1. The van der Waals surface area contributed by atoms with Gasteiger partial charge in [-0.2, -0.15) is 0 Å². The van der Waals surface area contributed by atoms with E-state index in [1.54, 1.807) is 29.2 Å². The number of benzene rings is 1. The van der Waals surface area contributed by atoms with Crippen molar-refractivity contribution in [2.24, 2.45) is 0 Å². The maximum Gasteiger partial charge on any atom is 0.410 e. The Morgan fingerprint density at radius 3 is 2.71 bits per heavy atom. The molecule has 1 aliphatic heterocycles. The smallest absolute Gasteiger partial charge is 0.410 e. The van der Waals surface area contributed by atoms with Gasteiger partial charge < -0.3 is 9.64 Å². The molecule has 1 aromatic carbocycles. The van der Waals surface area contributed by atoms with E-state index >= 15 is 0 Å². The zero-order chi connectivity index (χ0) is 18.0. The third-order valence-electron chi connectivity index (χ3n) is 3.50. The van der Waals surface area contributed by atoms with E-state index in [0.29, 0.717) is 24.0 Å². The first-order valence-corrected chi connectivity index (χ1v) is 10.1. The van der Waals surface area contributed by atoms with Gasteiger partial charge in [0.05, 0.1) is 4.90 Å². The van der Waals surface area contributed by atoms with Crippen LogP contribution in [0.2, 0.25) is 0 Å². The summed E-state index contributed by atoms with van der Waals surface area (Å²) in [5.74, 6) is 0. The van der Waals surface area contributed by atoms with Gasteiger partial charge >= 0.3 is 6.09 Å². The highest BCUT2D eigenvalue weighted by Gasteiger charge is 2.30. The molecule has 1 aromatic rings. The van der Waals surface area contributed by atoms with E-state index < -0.39 is 21.7 Å². The predicted octanol–water partition coefficient (Wildman–Crippen LogP) is 3.13. The number of rotatable bonds is 3. The van der Waals surface area contributed by atoms with Crippen LogP contribution in [0, 0.1) is 0 Å². The van der Waals surface area contributed by atoms with Crippen LogP contribution in [0.3, 0.4) is 0 Å². The van der Waals surface area contributed by atoms with Gasteiger partial charge in [-0.3, -0.25) is 0 Å². The maximum atomic E-state index is 12.5. The molecule has 1 fully saturated rings. The van der Waals surface area contributed by atoms with E-state index in [9.17, 15) is 13.2 Å². The van der Waals surface area contributed by atoms with Gasteiger partial charge in [0.25, 0.3) is 0 Å². The summed E-state index contributed by atoms with van der Waals surface area (Å²) in [7, 11) is -3.63. The zero-order valence-electron chi connectivity index (χ0n) is 14.1. The lowest BCUT2D eigenvalue weighted by Crippen LogP contribution is -2.50. The highest BCUT2D eigenvalue weighted by Crippen LogP contribution is 2.19. The van der Waals surface area contributed by atoms with E-state index in [1.807, 2.05) is 20.8 Å². The number of hydrogen-bond acceptors (Lipinski definition) is 4. The first kappa shape index (κ1) is 19.2. The van der Waals surface area contributed by atoms with Crippen molar-refractivity contribution < 1.29 is 17.9 Å². The molecule has 8 heteroatoms. The Kier molecular flexibility index (Phi) is 5.93. The Morgan fingerprint density at radius 1 is 1.38 bits per heavy atom. The fourth-order valence-corrected chi connectivity index (χ4v) is 4.35. The average Bonchev–Trinajstić information content (AvgIpc) is 2.45. The number of hydrogen-bond donors (Lipinski definition) is 1. The fourth-order valence-electron chi connectivity index (χ4n) is 2.49. The molecule has 1 atom stereocenters. The molecule has 0 radical (unpaired) electrons. The molecular formula is C16H23BrN2O4S. The monoisotopic (exact) mass is 418 g/mol. The second-order valence-corrected chi connectivity index (χ2v) is 9.47. The third kappa shape index (κ3) is 5.46. The van der Waals surface area contributed by atoms with Gasteiger partial charge in [0.15, 0.2) is 0 Å². The minimum atomic E-state index is -3.63. The van der Waals surface area contributed by atoms with Crippen molar-refractivity contribution in [2.75, 3.05) is 13.1 Å². The van der Waals surface area contributed by atoms with Crippen molar-refractivity contribution in [3.8, 4) is 0 Å². The van der Waals surface area contributed by atoms with Crippen molar-refractivity contribution in [1.82, 2.24) is 9.62 Å². The van der Waals surface area contributed by atoms with Gasteiger partial charge in [-0.05, 0) is 51.8 Å². The summed E-state index contributed by atoms with van der Waals surface area (Å²) in [5.41, 5.74) is -0.570. The molecule has 0 saturated carbocycles. The van der Waals surface area contributed by atoms with Crippen LogP contribution in [0.5, 0.6) is 0 Å². The summed E-state index contributed by atoms with van der Waals surface area (Å²) >= 11 is 3.27. The van der Waals surface area contributed by atoms with Gasteiger partial charge in [-0.15, -0.1) is 0 Å². The van der Waals surface area contributed by atoms with Crippen molar-refractivity contribution in [2.45, 2.75) is 50.2 Å². The largest absolute Gasteiger partial charge is 0.444 e. The molecule has 0 bridgehead atoms. The maximum absolute atomic E-state index is 12.5. The fraction of sp³-hybridized carbons (Fsp3) is 0.562. The average molecular weight is 419 g/mol. The lowest BCUT2D eigenvalue weighted by Gasteiger charge is -2.34. The normalized spacial score (nSPS) is 19.2. The number of amides is 1. The second-order valence-electron chi connectivity index (χ2n) is 6.84. The van der Waals surface area contributed by atoms with Crippen LogP contribution in [-0.4, -0.2) is 44.1 Å². The molecule has 1 saturated heterocycles. The first-order valence-electron chi connectivity index (χ1n) is 7.83. The number of halogens is 1. The minimum Gasteiger partial charge on any atom is -0.444 e. The van der Waals surface area contributed by atoms with Gasteiger partial charge in [0.2, 0.25) is 10.0 Å². The molecule has 24 heavy (non-hydrogen) atoms. The van der Waals surface area contributed by atoms with Crippen LogP contribution in [0.4, 0.5) is 4.79 Å². The summed E-state index contributed by atoms with van der Waals surface area (Å²) in [4.78, 5) is 13.9. The molecule has 0 spiro atoms. The van der Waals surface area contributed by atoms with Crippen molar-refractivity contribution in [3.63, 3.8) is 0 Å². The minimum absolute atomic E-state index is 0.200. The van der Waals surface area contributed by atoms with Crippen LogP contribution >= 0.6 is 15.9 Å². The Morgan fingerprint density at radius 2 is 2.08 bits per heavy atom. The van der Waals surface area contributed by atoms with Gasteiger partial charge in [0, 0.05) is 23.6 Å². The lowest BCUT2D eigenvalue weighted by atomic mass is 10.1. The standard InChI is InChI=1S/C16H23BrN2O4S/c1-16(2,3)23-15(20)19-9-5-7-13(11-19)18-24(21,22)14-8-4-6-12(17)10-14/h4,6,8,10,13,18H,5,7,9,11H2,1-3H3. The molecular weight excluding hydrogens is 396 g/mol. The van der Waals surface area contributed by atoms with Crippen molar-refractivity contribution in [3.05, 3.63) is 28.7 Å². The third-order valence-corrected chi connectivity index (χ3v) is 5.51. The van der Waals surface area contributed by atoms with E-state index in [1.165, 1.54) is 0 Å². The Balaban J connectivity index is 2.03. The molecule has 0 aliphatic carbocycles. The number of likely N-dealkylation sites (tertiary alicyclic amines) is 1. The number of ether oxygens (including phenoxy) is 1. The predicted molar refractivity (Wildman–Crippen MR) is 95.3 cm³/mol. The Bertz CT molecular complexity index is 700. The topological polar surface area (TPSA) is 75.7 Å². The summed E-state index contributed by atoms with van der Waals surface area (Å²) in [6.07, 6.45) is 1.01. The van der Waals surface area contributed by atoms with Crippen molar-refractivity contribution >= 4 is 32.0 Å².